The number of terminal acetylenes is 1. The summed E-state index contributed by atoms with van der Waals surface area (Å²) in [4.78, 5) is 0. The molecule has 26 heavy (non-hydrogen) atoms. The van der Waals surface area contributed by atoms with Crippen molar-refractivity contribution < 1.29 is 14.3 Å². The molecule has 4 heteroatoms. The summed E-state index contributed by atoms with van der Waals surface area (Å²) in [6, 6.07) is 9.93. The fourth-order valence-corrected chi connectivity index (χ4v) is 9.50. The van der Waals surface area contributed by atoms with Gasteiger partial charge in [0.25, 0.3) is 0 Å². The summed E-state index contributed by atoms with van der Waals surface area (Å²) >= 11 is 0. The molecule has 0 aliphatic rings. The number of ether oxygens (including phenoxy) is 1. The summed E-state index contributed by atoms with van der Waals surface area (Å²) in [5, 5.41) is 10.7. The molecule has 146 valence electrons. The molecule has 1 N–H and O–H groups in total. The minimum atomic E-state index is -2.01. The van der Waals surface area contributed by atoms with E-state index in [-0.39, 0.29) is 6.61 Å². The van der Waals surface area contributed by atoms with Gasteiger partial charge in [-0.15, -0.1) is 12.3 Å². The van der Waals surface area contributed by atoms with Gasteiger partial charge in [0, 0.05) is 6.42 Å². The lowest BCUT2D eigenvalue weighted by atomic mass is 10.1. The van der Waals surface area contributed by atoms with Gasteiger partial charge >= 0.3 is 0 Å². The maximum absolute atomic E-state index is 10.7. The fraction of sp³-hybridized carbons (Fsp3) is 0.636. The zero-order valence-electron chi connectivity index (χ0n) is 17.2. The average Bonchev–Trinajstić information content (AvgIpc) is 2.58. The van der Waals surface area contributed by atoms with Gasteiger partial charge in [-0.05, 0) is 22.2 Å². The zero-order valence-corrected chi connectivity index (χ0v) is 18.2. The minimum Gasteiger partial charge on any atom is -0.413 e. The van der Waals surface area contributed by atoms with Crippen molar-refractivity contribution in [2.45, 2.75) is 83.4 Å². The van der Waals surface area contributed by atoms with E-state index in [1.807, 2.05) is 30.3 Å². The average molecular weight is 377 g/mol. The molecule has 0 amide bonds. The number of rotatable bonds is 11. The quantitative estimate of drug-likeness (QED) is 0.429. The summed E-state index contributed by atoms with van der Waals surface area (Å²) in [6.07, 6.45) is 4.72. The Kier molecular flexibility index (Phi) is 9.60. The Morgan fingerprint density at radius 3 is 2.00 bits per heavy atom. The summed E-state index contributed by atoms with van der Waals surface area (Å²) in [7, 11) is -2.01. The van der Waals surface area contributed by atoms with Crippen molar-refractivity contribution >= 4 is 8.32 Å². The summed E-state index contributed by atoms with van der Waals surface area (Å²) in [6.45, 7) is 14.2. The molecule has 3 nitrogen and oxygen atoms in total. The van der Waals surface area contributed by atoms with E-state index in [2.05, 4.69) is 47.5 Å². The maximum Gasteiger partial charge on any atom is 0.200 e. The van der Waals surface area contributed by atoms with E-state index in [0.29, 0.717) is 29.7 Å². The number of benzene rings is 1. The molecular weight excluding hydrogens is 340 g/mol. The molecule has 0 unspecified atom stereocenters. The Bertz CT molecular complexity index is 526. The van der Waals surface area contributed by atoms with Crippen molar-refractivity contribution in [3.63, 3.8) is 0 Å². The summed E-state index contributed by atoms with van der Waals surface area (Å²) in [5.74, 6) is 2.62. The normalized spacial score (nSPS) is 14.7. The first-order chi connectivity index (χ1) is 12.3. The molecule has 0 bridgehead atoms. The topological polar surface area (TPSA) is 38.7 Å². The standard InChI is InChI=1S/C22H36O3Si/c1-8-12-22(24-15-20-13-10-9-11-14-20)21(23)16-25-26(17(2)3,18(4)5)19(6)7/h1,9-11,13-14,17-19,21-23H,12,15-16H2,2-7H3/t21-,22+/m1/s1. The Balaban J connectivity index is 2.76. The first kappa shape index (κ1) is 22.9. The van der Waals surface area contributed by atoms with Crippen LogP contribution in [0.25, 0.3) is 0 Å². The highest BCUT2D eigenvalue weighted by Gasteiger charge is 2.45. The molecule has 0 fully saturated rings. The third-order valence-electron chi connectivity index (χ3n) is 5.27. The van der Waals surface area contributed by atoms with Crippen molar-refractivity contribution in [1.29, 1.82) is 0 Å². The van der Waals surface area contributed by atoms with Crippen LogP contribution in [0.3, 0.4) is 0 Å². The molecule has 2 atom stereocenters. The summed E-state index contributed by atoms with van der Waals surface area (Å²) < 4.78 is 12.4. The van der Waals surface area contributed by atoms with Gasteiger partial charge in [0.1, 0.15) is 6.10 Å². The molecule has 1 aromatic carbocycles. The zero-order chi connectivity index (χ0) is 19.7. The lowest BCUT2D eigenvalue weighted by molar-refractivity contribution is -0.0602. The molecule has 0 saturated heterocycles. The van der Waals surface area contributed by atoms with Gasteiger partial charge in [-0.3, -0.25) is 0 Å². The van der Waals surface area contributed by atoms with Crippen LogP contribution < -0.4 is 0 Å². The number of aliphatic hydroxyl groups excluding tert-OH is 1. The first-order valence-corrected chi connectivity index (χ1v) is 11.8. The molecule has 0 heterocycles. The first-order valence-electron chi connectivity index (χ1n) is 9.66. The lowest BCUT2D eigenvalue weighted by Gasteiger charge is -2.43. The molecule has 0 saturated carbocycles. The molecule has 0 aliphatic heterocycles. The van der Waals surface area contributed by atoms with E-state index in [0.717, 1.165) is 5.56 Å². The van der Waals surface area contributed by atoms with Crippen LogP contribution in [0, 0.1) is 12.3 Å². The Morgan fingerprint density at radius 1 is 1.00 bits per heavy atom. The van der Waals surface area contributed by atoms with Crippen molar-refractivity contribution in [2.24, 2.45) is 0 Å². The van der Waals surface area contributed by atoms with Gasteiger partial charge in [0.2, 0.25) is 0 Å². The highest BCUT2D eigenvalue weighted by Crippen LogP contribution is 2.42. The third kappa shape index (κ3) is 5.96. The highest BCUT2D eigenvalue weighted by molar-refractivity contribution is 6.77. The Labute approximate surface area is 161 Å². The van der Waals surface area contributed by atoms with E-state index in [1.54, 1.807) is 0 Å². The van der Waals surface area contributed by atoms with E-state index >= 15 is 0 Å². The molecule has 1 rings (SSSR count). The predicted octanol–water partition coefficient (Wildman–Crippen LogP) is 5.15. The molecule has 0 spiro atoms. The van der Waals surface area contributed by atoms with Crippen LogP contribution in [0.1, 0.15) is 53.5 Å². The smallest absolute Gasteiger partial charge is 0.200 e. The third-order valence-corrected chi connectivity index (χ3v) is 11.3. The van der Waals surface area contributed by atoms with Gasteiger partial charge in [0.15, 0.2) is 8.32 Å². The van der Waals surface area contributed by atoms with Crippen molar-refractivity contribution in [3.8, 4) is 12.3 Å². The van der Waals surface area contributed by atoms with Gasteiger partial charge < -0.3 is 14.3 Å². The van der Waals surface area contributed by atoms with E-state index in [4.69, 9.17) is 15.6 Å². The molecule has 1 aromatic rings. The monoisotopic (exact) mass is 376 g/mol. The van der Waals surface area contributed by atoms with Gasteiger partial charge in [-0.1, -0.05) is 71.9 Å². The van der Waals surface area contributed by atoms with Crippen molar-refractivity contribution in [1.82, 2.24) is 0 Å². The Hall–Kier alpha value is -1.12. The van der Waals surface area contributed by atoms with Crippen LogP contribution in [0.2, 0.25) is 16.6 Å². The van der Waals surface area contributed by atoms with Gasteiger partial charge in [-0.25, -0.2) is 0 Å². The van der Waals surface area contributed by atoms with Crippen LogP contribution in [0.4, 0.5) is 0 Å². The molecule has 0 radical (unpaired) electrons. The molecule has 0 aliphatic carbocycles. The van der Waals surface area contributed by atoms with Crippen molar-refractivity contribution in [2.75, 3.05) is 6.61 Å². The summed E-state index contributed by atoms with van der Waals surface area (Å²) in [5.41, 5.74) is 2.50. The van der Waals surface area contributed by atoms with Gasteiger partial charge in [0.05, 0.1) is 19.3 Å². The predicted molar refractivity (Wildman–Crippen MR) is 111 cm³/mol. The van der Waals surface area contributed by atoms with Crippen LogP contribution in [0.5, 0.6) is 0 Å². The Morgan fingerprint density at radius 2 is 1.54 bits per heavy atom. The second kappa shape index (κ2) is 10.9. The van der Waals surface area contributed by atoms with Crippen molar-refractivity contribution in [3.05, 3.63) is 35.9 Å². The fourth-order valence-electron chi connectivity index (χ4n) is 4.04. The van der Waals surface area contributed by atoms with E-state index < -0.39 is 20.5 Å². The van der Waals surface area contributed by atoms with Crippen LogP contribution in [-0.2, 0) is 15.8 Å². The van der Waals surface area contributed by atoms with Crippen LogP contribution >= 0.6 is 0 Å². The van der Waals surface area contributed by atoms with E-state index in [1.165, 1.54) is 0 Å². The SMILES string of the molecule is C#CC[C@H](OCc1ccccc1)[C@H](O)CO[Si](C(C)C)(C(C)C)C(C)C. The lowest BCUT2D eigenvalue weighted by Crippen LogP contribution is -2.50. The second-order valence-corrected chi connectivity index (χ2v) is 13.4. The van der Waals surface area contributed by atoms with Gasteiger partial charge in [-0.2, -0.15) is 0 Å². The minimum absolute atomic E-state index is 0.280. The van der Waals surface area contributed by atoms with Crippen LogP contribution in [0.15, 0.2) is 30.3 Å². The molecular formula is C22H36O3Si. The number of hydrogen-bond acceptors (Lipinski definition) is 3. The number of hydrogen-bond donors (Lipinski definition) is 1. The number of aliphatic hydroxyl groups is 1. The van der Waals surface area contributed by atoms with Crippen LogP contribution in [-0.4, -0.2) is 32.2 Å². The second-order valence-electron chi connectivity index (χ2n) is 7.94. The maximum atomic E-state index is 10.7. The van der Waals surface area contributed by atoms with E-state index in [9.17, 15) is 5.11 Å². The highest BCUT2D eigenvalue weighted by atomic mass is 28.4. The molecule has 0 aromatic heterocycles. The largest absolute Gasteiger partial charge is 0.413 e.